The van der Waals surface area contributed by atoms with Crippen molar-refractivity contribution in [3.05, 3.63) is 82.7 Å². The maximum atomic E-state index is 11.9. The zero-order chi connectivity index (χ0) is 20.9. The quantitative estimate of drug-likeness (QED) is 0.727. The first-order valence-corrected chi connectivity index (χ1v) is 11.1. The number of nitrogens with zero attached hydrogens (tertiary/aromatic N) is 2. The van der Waals surface area contributed by atoms with Crippen molar-refractivity contribution < 1.29 is 13.7 Å². The summed E-state index contributed by atoms with van der Waals surface area (Å²) in [7, 11) is -1.49. The molecule has 2 aromatic carbocycles. The molecule has 1 N–H and O–H groups in total. The van der Waals surface area contributed by atoms with E-state index in [4.69, 9.17) is 11.3 Å². The number of hydrogen-bond donors (Lipinski definition) is 1. The third-order valence-corrected chi connectivity index (χ3v) is 6.48. The van der Waals surface area contributed by atoms with E-state index in [2.05, 4.69) is 32.7 Å². The van der Waals surface area contributed by atoms with Gasteiger partial charge in [-0.15, -0.1) is 0 Å². The molecule has 0 radical (unpaired) electrons. The van der Waals surface area contributed by atoms with Crippen molar-refractivity contribution in [1.29, 1.82) is 0 Å². The lowest BCUT2D eigenvalue weighted by Gasteiger charge is -2.27. The zero-order valence-corrected chi connectivity index (χ0v) is 17.4. The third kappa shape index (κ3) is 4.96. The first-order chi connectivity index (χ1) is 14.6. The van der Waals surface area contributed by atoms with E-state index in [1.54, 1.807) is 0 Å². The van der Waals surface area contributed by atoms with Gasteiger partial charge in [-0.25, -0.2) is 10.8 Å². The van der Waals surface area contributed by atoms with Gasteiger partial charge in [0.25, 0.3) is 5.91 Å². The van der Waals surface area contributed by atoms with Gasteiger partial charge in [0.05, 0.1) is 4.91 Å². The fourth-order valence-electron chi connectivity index (χ4n) is 3.70. The number of ether oxygens (including phenoxy) is 1. The molecule has 6 nitrogen and oxygen atoms in total. The highest BCUT2D eigenvalue weighted by molar-refractivity contribution is 7.93. The maximum Gasteiger partial charge on any atom is 0.257 e. The van der Waals surface area contributed by atoms with Gasteiger partial charge in [0.15, 0.2) is 11.0 Å². The van der Waals surface area contributed by atoms with Crippen LogP contribution in [0, 0.1) is 6.57 Å². The highest BCUT2D eigenvalue weighted by Crippen LogP contribution is 2.24. The molecule has 2 aliphatic rings. The minimum absolute atomic E-state index is 0.189. The molecule has 0 aliphatic carbocycles. The molecule has 4 rings (SSSR count). The Morgan fingerprint density at radius 1 is 1.13 bits per heavy atom. The van der Waals surface area contributed by atoms with Crippen LogP contribution < -0.4 is 9.46 Å². The Morgan fingerprint density at radius 3 is 2.53 bits per heavy atom. The fourth-order valence-corrected chi connectivity index (χ4v) is 4.62. The maximum absolute atomic E-state index is 11.9. The number of nitrogens with one attached hydrogen (secondary N) is 1. The van der Waals surface area contributed by atoms with Gasteiger partial charge >= 0.3 is 0 Å². The van der Waals surface area contributed by atoms with E-state index in [-0.39, 0.29) is 11.9 Å². The molecule has 1 amide bonds. The van der Waals surface area contributed by atoms with Crippen LogP contribution in [0.25, 0.3) is 9.75 Å². The molecule has 0 aromatic heterocycles. The second-order valence-electron chi connectivity index (χ2n) is 7.51. The van der Waals surface area contributed by atoms with E-state index in [0.717, 1.165) is 43.6 Å². The first-order valence-electron chi connectivity index (χ1n) is 9.95. The summed E-state index contributed by atoms with van der Waals surface area (Å²) in [6, 6.07) is 15.8. The number of benzene rings is 2. The first kappa shape index (κ1) is 20.3. The predicted octanol–water partition coefficient (Wildman–Crippen LogP) is 3.28. The molecule has 0 spiro atoms. The van der Waals surface area contributed by atoms with E-state index in [9.17, 15) is 9.00 Å². The number of carbonyl (C=O) groups excluding carboxylic acids is 1. The molecule has 2 aromatic rings. The summed E-state index contributed by atoms with van der Waals surface area (Å²) in [6.07, 6.45) is 3.27. The average molecular weight is 422 g/mol. The van der Waals surface area contributed by atoms with Crippen LogP contribution in [0.3, 0.4) is 0 Å². The molecule has 154 valence electrons. The summed E-state index contributed by atoms with van der Waals surface area (Å²) in [4.78, 5) is 17.9. The second kappa shape index (κ2) is 9.24. The third-order valence-electron chi connectivity index (χ3n) is 5.34. The molecule has 30 heavy (non-hydrogen) atoms. The Hall–Kier alpha value is -2.95. The topological polar surface area (TPSA) is 63.0 Å². The van der Waals surface area contributed by atoms with Crippen LogP contribution in [0.15, 0.2) is 54.6 Å². The van der Waals surface area contributed by atoms with Crippen LogP contribution >= 0.6 is 0 Å². The molecule has 0 saturated carbocycles. The van der Waals surface area contributed by atoms with E-state index >= 15 is 0 Å². The standard InChI is InChI=1S/C23H23N3O3S/c1-24-20-9-11-26(12-10-20)15-17-3-2-4-18(13-17)16-29-21-7-5-19(6-8-21)22-14-23(27)25-30(22)28/h2-8,13-14,20H,9-12,15-16H2,(H,25,27). The Morgan fingerprint density at radius 2 is 1.87 bits per heavy atom. The minimum atomic E-state index is -1.49. The average Bonchev–Trinajstić information content (AvgIpc) is 3.11. The molecule has 7 heteroatoms. The van der Waals surface area contributed by atoms with Gasteiger partial charge < -0.3 is 9.58 Å². The molecule has 1 fully saturated rings. The highest BCUT2D eigenvalue weighted by atomic mass is 32.2. The molecule has 0 bridgehead atoms. The Labute approximate surface area is 178 Å². The fraction of sp³-hybridized carbons (Fsp3) is 0.304. The van der Waals surface area contributed by atoms with Crippen molar-refractivity contribution in [1.82, 2.24) is 9.62 Å². The van der Waals surface area contributed by atoms with Gasteiger partial charge in [0.1, 0.15) is 12.4 Å². The number of carbonyl (C=O) groups is 1. The van der Waals surface area contributed by atoms with E-state index in [1.807, 2.05) is 30.3 Å². The number of likely N-dealkylation sites (tertiary alicyclic amines) is 1. The second-order valence-corrected chi connectivity index (χ2v) is 8.69. The number of amides is 1. The van der Waals surface area contributed by atoms with E-state index in [1.165, 1.54) is 11.6 Å². The van der Waals surface area contributed by atoms with Crippen molar-refractivity contribution in [3.63, 3.8) is 0 Å². The summed E-state index contributed by atoms with van der Waals surface area (Å²) in [5, 5.41) is 0. The van der Waals surface area contributed by atoms with Gasteiger partial charge in [-0.05, 0) is 28.8 Å². The molecule has 1 atom stereocenters. The number of rotatable bonds is 6. The molecule has 1 saturated heterocycles. The Kier molecular flexibility index (Phi) is 6.26. The van der Waals surface area contributed by atoms with Crippen molar-refractivity contribution in [2.45, 2.75) is 32.0 Å². The van der Waals surface area contributed by atoms with Crippen molar-refractivity contribution in [2.24, 2.45) is 0 Å². The molecule has 1 unspecified atom stereocenters. The van der Waals surface area contributed by atoms with Crippen LogP contribution in [0.2, 0.25) is 0 Å². The summed E-state index contributed by atoms with van der Waals surface area (Å²) in [5.74, 6) is 0.383. The molecule has 2 heterocycles. The monoisotopic (exact) mass is 421 g/mol. The normalized spacial score (nSPS) is 19.8. The minimum Gasteiger partial charge on any atom is -0.489 e. The Balaban J connectivity index is 1.32. The van der Waals surface area contributed by atoms with Crippen LogP contribution in [0.5, 0.6) is 5.75 Å². The van der Waals surface area contributed by atoms with Gasteiger partial charge in [-0.2, -0.15) is 0 Å². The van der Waals surface area contributed by atoms with Crippen molar-refractivity contribution >= 4 is 21.8 Å². The number of piperidine rings is 1. The molecule has 2 aliphatic heterocycles. The molecular weight excluding hydrogens is 398 g/mol. The lowest BCUT2D eigenvalue weighted by Crippen LogP contribution is -2.34. The summed E-state index contributed by atoms with van der Waals surface area (Å²) < 4.78 is 20.1. The van der Waals surface area contributed by atoms with Crippen LogP contribution in [0.4, 0.5) is 0 Å². The van der Waals surface area contributed by atoms with Crippen LogP contribution in [-0.4, -0.2) is 34.1 Å². The summed E-state index contributed by atoms with van der Waals surface area (Å²) in [5.41, 5.74) is 3.09. The van der Waals surface area contributed by atoms with Gasteiger partial charge in [-0.1, -0.05) is 36.4 Å². The van der Waals surface area contributed by atoms with Gasteiger partial charge in [0, 0.05) is 38.6 Å². The smallest absolute Gasteiger partial charge is 0.257 e. The van der Waals surface area contributed by atoms with Crippen molar-refractivity contribution in [3.8, 4) is 5.75 Å². The largest absolute Gasteiger partial charge is 0.489 e. The van der Waals surface area contributed by atoms with Crippen LogP contribution in [0.1, 0.15) is 29.5 Å². The number of hydrogen-bond acceptors (Lipinski definition) is 4. The summed E-state index contributed by atoms with van der Waals surface area (Å²) >= 11 is 0. The zero-order valence-electron chi connectivity index (χ0n) is 16.5. The summed E-state index contributed by atoms with van der Waals surface area (Å²) in [6.45, 7) is 10.5. The molecular formula is C23H23N3O3S. The predicted molar refractivity (Wildman–Crippen MR) is 116 cm³/mol. The SMILES string of the molecule is [C-]#[N+]C1CCN(Cc2cccc(COc3ccc(C4=CC(=O)NS4=O)cc3)c2)CC1. The van der Waals surface area contributed by atoms with Crippen molar-refractivity contribution in [2.75, 3.05) is 13.1 Å². The Bertz CT molecular complexity index is 1020. The van der Waals surface area contributed by atoms with E-state index in [0.29, 0.717) is 17.3 Å². The van der Waals surface area contributed by atoms with Gasteiger partial charge in [-0.3, -0.25) is 14.4 Å². The lowest BCUT2D eigenvalue weighted by atomic mass is 10.0. The lowest BCUT2D eigenvalue weighted by molar-refractivity contribution is -0.114. The van der Waals surface area contributed by atoms with Crippen LogP contribution in [-0.2, 0) is 28.9 Å². The van der Waals surface area contributed by atoms with Gasteiger partial charge in [0.2, 0.25) is 6.04 Å². The highest BCUT2D eigenvalue weighted by Gasteiger charge is 2.22. The van der Waals surface area contributed by atoms with E-state index < -0.39 is 11.0 Å².